The Kier molecular flexibility index (Phi) is 4.15. The summed E-state index contributed by atoms with van der Waals surface area (Å²) in [6.07, 6.45) is 1.00. The number of amides is 2. The molecular weight excluding hydrogens is 340 g/mol. The standard InChI is InChI=1S/C18H26N2O6/c1-9-6-20(7-10(2)24-9)15(21)12-8-23-16(25-17(22)19-4)14-11(12)5-13-18(14,3)26-13/h8-11,13-14,16H,5-7H2,1-4H3,(H,19,22)/t9-,10+,11-,13+,14-,16+,18+/m1/s1. The second kappa shape index (κ2) is 6.13. The summed E-state index contributed by atoms with van der Waals surface area (Å²) in [5, 5.41) is 2.44. The third-order valence-electron chi connectivity index (χ3n) is 5.94. The molecule has 0 spiro atoms. The molecule has 7 atom stereocenters. The van der Waals surface area contributed by atoms with E-state index >= 15 is 0 Å². The van der Waals surface area contributed by atoms with Crippen LogP contribution >= 0.6 is 0 Å². The highest BCUT2D eigenvalue weighted by molar-refractivity contribution is 5.94. The first kappa shape index (κ1) is 17.6. The lowest BCUT2D eigenvalue weighted by Crippen LogP contribution is -2.51. The van der Waals surface area contributed by atoms with Crippen LogP contribution in [0.1, 0.15) is 27.2 Å². The molecule has 4 aliphatic rings. The molecule has 0 aromatic rings. The minimum absolute atomic E-state index is 0.00534. The van der Waals surface area contributed by atoms with Gasteiger partial charge in [0.2, 0.25) is 0 Å². The molecule has 3 aliphatic heterocycles. The number of carbonyl (C=O) groups excluding carboxylic acids is 2. The van der Waals surface area contributed by atoms with E-state index < -0.39 is 18.0 Å². The van der Waals surface area contributed by atoms with Crippen LogP contribution in [0.15, 0.2) is 11.8 Å². The van der Waals surface area contributed by atoms with Crippen molar-refractivity contribution in [2.75, 3.05) is 20.1 Å². The monoisotopic (exact) mass is 366 g/mol. The van der Waals surface area contributed by atoms with Crippen LogP contribution in [0.25, 0.3) is 0 Å². The smallest absolute Gasteiger partial charge is 0.409 e. The predicted molar refractivity (Wildman–Crippen MR) is 90.0 cm³/mol. The van der Waals surface area contributed by atoms with Crippen LogP contribution in [0, 0.1) is 11.8 Å². The van der Waals surface area contributed by atoms with Crippen molar-refractivity contribution in [3.8, 4) is 0 Å². The summed E-state index contributed by atoms with van der Waals surface area (Å²) in [5.41, 5.74) is 0.236. The minimum Gasteiger partial charge on any atom is -0.461 e. The van der Waals surface area contributed by atoms with Crippen molar-refractivity contribution in [2.45, 2.75) is 57.4 Å². The second-order valence-corrected chi connectivity index (χ2v) is 7.86. The zero-order chi connectivity index (χ0) is 18.6. The van der Waals surface area contributed by atoms with Crippen molar-refractivity contribution in [3.05, 3.63) is 11.8 Å². The van der Waals surface area contributed by atoms with E-state index in [0.29, 0.717) is 18.7 Å². The molecule has 1 aliphatic carbocycles. The van der Waals surface area contributed by atoms with Gasteiger partial charge in [0.15, 0.2) is 0 Å². The van der Waals surface area contributed by atoms with Crippen molar-refractivity contribution in [1.29, 1.82) is 0 Å². The number of epoxide rings is 1. The van der Waals surface area contributed by atoms with E-state index in [-0.39, 0.29) is 36.1 Å². The van der Waals surface area contributed by atoms with Crippen LogP contribution in [-0.4, -0.2) is 67.2 Å². The Bertz CT molecular complexity index is 642. The van der Waals surface area contributed by atoms with Gasteiger partial charge in [-0.15, -0.1) is 0 Å². The van der Waals surface area contributed by atoms with Crippen molar-refractivity contribution in [3.63, 3.8) is 0 Å². The van der Waals surface area contributed by atoms with Gasteiger partial charge in [0.25, 0.3) is 12.2 Å². The number of morpholine rings is 1. The fourth-order valence-electron chi connectivity index (χ4n) is 4.72. The Balaban J connectivity index is 1.56. The number of hydrogen-bond acceptors (Lipinski definition) is 6. The van der Waals surface area contributed by atoms with Crippen LogP contribution in [0.2, 0.25) is 0 Å². The fourth-order valence-corrected chi connectivity index (χ4v) is 4.72. The lowest BCUT2D eigenvalue weighted by Gasteiger charge is -2.40. The number of hydrogen-bond donors (Lipinski definition) is 1. The summed E-state index contributed by atoms with van der Waals surface area (Å²) in [6, 6.07) is 0. The molecule has 0 radical (unpaired) electrons. The van der Waals surface area contributed by atoms with Crippen molar-refractivity contribution in [2.24, 2.45) is 11.8 Å². The molecule has 4 rings (SSSR count). The average Bonchev–Trinajstić information content (AvgIpc) is 3.14. The highest BCUT2D eigenvalue weighted by atomic mass is 16.7. The van der Waals surface area contributed by atoms with Crippen molar-refractivity contribution < 1.29 is 28.5 Å². The lowest BCUT2D eigenvalue weighted by atomic mass is 9.81. The molecule has 8 nitrogen and oxygen atoms in total. The number of nitrogens with one attached hydrogen (secondary N) is 1. The van der Waals surface area contributed by atoms with E-state index in [2.05, 4.69) is 5.32 Å². The molecule has 1 saturated carbocycles. The molecule has 0 bridgehead atoms. The normalized spacial score (nSPS) is 43.5. The zero-order valence-corrected chi connectivity index (χ0v) is 15.6. The second-order valence-electron chi connectivity index (χ2n) is 7.86. The van der Waals surface area contributed by atoms with Crippen LogP contribution < -0.4 is 5.32 Å². The van der Waals surface area contributed by atoms with Gasteiger partial charge in [-0.25, -0.2) is 4.79 Å². The molecule has 3 heterocycles. The maximum atomic E-state index is 13.2. The Labute approximate surface area is 152 Å². The summed E-state index contributed by atoms with van der Waals surface area (Å²) < 4.78 is 22.6. The molecule has 144 valence electrons. The van der Waals surface area contributed by atoms with E-state index in [1.807, 2.05) is 25.7 Å². The summed E-state index contributed by atoms with van der Waals surface area (Å²) in [6.45, 7) is 7.06. The quantitative estimate of drug-likeness (QED) is 0.734. The first-order chi connectivity index (χ1) is 12.3. The third-order valence-corrected chi connectivity index (χ3v) is 5.94. The van der Waals surface area contributed by atoms with Gasteiger partial charge in [-0.1, -0.05) is 0 Å². The van der Waals surface area contributed by atoms with Gasteiger partial charge in [0.05, 0.1) is 36.1 Å². The van der Waals surface area contributed by atoms with Gasteiger partial charge in [0.1, 0.15) is 5.60 Å². The molecule has 1 N–H and O–H groups in total. The highest BCUT2D eigenvalue weighted by Crippen LogP contribution is 2.61. The SMILES string of the molecule is CNC(=O)O[C@@H]1OC=C(C(=O)N2C[C@@H](C)O[C@@H](C)C2)[C@H]2C[C@@H]3O[C@]3(C)[C@@H]12. The van der Waals surface area contributed by atoms with Crippen molar-refractivity contribution in [1.82, 2.24) is 10.2 Å². The number of carbonyl (C=O) groups is 2. The molecule has 26 heavy (non-hydrogen) atoms. The molecule has 0 unspecified atom stereocenters. The highest BCUT2D eigenvalue weighted by Gasteiger charge is 2.71. The first-order valence-electron chi connectivity index (χ1n) is 9.20. The molecular formula is C18H26N2O6. The van der Waals surface area contributed by atoms with Crippen molar-refractivity contribution >= 4 is 12.0 Å². The number of rotatable bonds is 2. The largest absolute Gasteiger partial charge is 0.461 e. The number of alkyl carbamates (subject to hydrolysis) is 1. The van der Waals surface area contributed by atoms with Gasteiger partial charge in [-0.05, 0) is 27.2 Å². The Morgan fingerprint density at radius 1 is 1.31 bits per heavy atom. The van der Waals surface area contributed by atoms with E-state index in [0.717, 1.165) is 6.42 Å². The Morgan fingerprint density at radius 3 is 2.65 bits per heavy atom. The number of ether oxygens (including phenoxy) is 4. The molecule has 2 saturated heterocycles. The van der Waals surface area contributed by atoms with Gasteiger partial charge in [0, 0.05) is 26.1 Å². The van der Waals surface area contributed by atoms with Crippen LogP contribution in [-0.2, 0) is 23.7 Å². The van der Waals surface area contributed by atoms with E-state index in [4.69, 9.17) is 18.9 Å². The molecule has 8 heteroatoms. The van der Waals surface area contributed by atoms with E-state index in [9.17, 15) is 9.59 Å². The Hall–Kier alpha value is -1.80. The van der Waals surface area contributed by atoms with E-state index in [1.54, 1.807) is 0 Å². The molecule has 2 amide bonds. The third kappa shape index (κ3) is 2.75. The number of nitrogens with zero attached hydrogens (tertiary/aromatic N) is 1. The summed E-state index contributed by atoms with van der Waals surface area (Å²) >= 11 is 0. The predicted octanol–water partition coefficient (Wildman–Crippen LogP) is 1.01. The maximum Gasteiger partial charge on any atom is 0.409 e. The number of fused-ring (bicyclic) bond motifs is 3. The summed E-state index contributed by atoms with van der Waals surface area (Å²) in [7, 11) is 1.50. The van der Waals surface area contributed by atoms with Crippen LogP contribution in [0.5, 0.6) is 0 Å². The Morgan fingerprint density at radius 2 is 2.00 bits per heavy atom. The van der Waals surface area contributed by atoms with Crippen LogP contribution in [0.3, 0.4) is 0 Å². The summed E-state index contributed by atoms with van der Waals surface area (Å²) in [4.78, 5) is 26.7. The van der Waals surface area contributed by atoms with Gasteiger partial charge >= 0.3 is 6.09 Å². The maximum absolute atomic E-state index is 13.2. The molecule has 0 aromatic carbocycles. The topological polar surface area (TPSA) is 89.6 Å². The zero-order valence-electron chi connectivity index (χ0n) is 15.6. The average molecular weight is 366 g/mol. The lowest BCUT2D eigenvalue weighted by molar-refractivity contribution is -0.151. The molecule has 3 fully saturated rings. The van der Waals surface area contributed by atoms with Gasteiger partial charge in [-0.3, -0.25) is 4.79 Å². The minimum atomic E-state index is -0.753. The van der Waals surface area contributed by atoms with Gasteiger partial charge < -0.3 is 29.2 Å². The van der Waals surface area contributed by atoms with Crippen LogP contribution in [0.4, 0.5) is 4.79 Å². The van der Waals surface area contributed by atoms with E-state index in [1.165, 1.54) is 13.3 Å². The van der Waals surface area contributed by atoms with Gasteiger partial charge in [-0.2, -0.15) is 0 Å². The fraction of sp³-hybridized carbons (Fsp3) is 0.778. The first-order valence-corrected chi connectivity index (χ1v) is 9.20. The molecule has 0 aromatic heterocycles. The summed E-state index contributed by atoms with van der Waals surface area (Å²) in [5.74, 6) is -0.252.